The molecule has 3 rings (SSSR count). The quantitative estimate of drug-likeness (QED) is 0.592. The summed E-state index contributed by atoms with van der Waals surface area (Å²) in [5.74, 6) is -0.681. The van der Waals surface area contributed by atoms with Crippen LogP contribution < -0.4 is 10.6 Å². The molecular weight excluding hydrogens is 364 g/mol. The summed E-state index contributed by atoms with van der Waals surface area (Å²) in [4.78, 5) is 12.4. The highest BCUT2D eigenvalue weighted by Crippen LogP contribution is 2.26. The van der Waals surface area contributed by atoms with Gasteiger partial charge < -0.3 is 15.1 Å². The number of para-hydroxylation sites is 2. The van der Waals surface area contributed by atoms with E-state index in [0.717, 1.165) is 0 Å². The van der Waals surface area contributed by atoms with Crippen LogP contribution in [-0.2, 0) is 0 Å². The zero-order chi connectivity index (χ0) is 19.4. The number of amides is 1. The highest BCUT2D eigenvalue weighted by atomic mass is 19.4. The van der Waals surface area contributed by atoms with Crippen LogP contribution in [0.5, 0.6) is 0 Å². The van der Waals surface area contributed by atoms with Crippen molar-refractivity contribution in [3.05, 3.63) is 72.2 Å². The molecule has 0 aliphatic carbocycles. The summed E-state index contributed by atoms with van der Waals surface area (Å²) in [6.07, 6.45) is -4.39. The van der Waals surface area contributed by atoms with E-state index >= 15 is 0 Å². The van der Waals surface area contributed by atoms with Crippen LogP contribution in [0.15, 0.2) is 65.1 Å². The molecule has 1 heterocycles. The summed E-state index contributed by atoms with van der Waals surface area (Å²) in [7, 11) is 0. The summed E-state index contributed by atoms with van der Waals surface area (Å²) in [5.41, 5.74) is 0.905. The Kier molecular flexibility index (Phi) is 5.16. The second-order valence-corrected chi connectivity index (χ2v) is 5.64. The van der Waals surface area contributed by atoms with Crippen LogP contribution in [-0.4, -0.2) is 18.6 Å². The lowest BCUT2D eigenvalue weighted by Gasteiger charge is -2.13. The summed E-state index contributed by atoms with van der Waals surface area (Å²) in [6, 6.07) is 14.6. The molecule has 0 fully saturated rings. The molecule has 0 unspecified atom stereocenters. The van der Waals surface area contributed by atoms with E-state index in [0.29, 0.717) is 11.3 Å². The number of hydrogen-bond acceptors (Lipinski definition) is 3. The number of carbonyl (C=O) groups excluding carboxylic acids is 1. The smallest absolute Gasteiger partial charge is 0.405 e. The van der Waals surface area contributed by atoms with E-state index in [1.165, 1.54) is 42.5 Å². The van der Waals surface area contributed by atoms with Gasteiger partial charge in [0.2, 0.25) is 0 Å². The summed E-state index contributed by atoms with van der Waals surface area (Å²) < 4.78 is 55.6. The molecule has 27 heavy (non-hydrogen) atoms. The van der Waals surface area contributed by atoms with Crippen LogP contribution in [0, 0.1) is 5.82 Å². The monoisotopic (exact) mass is 378 g/mol. The molecule has 0 aliphatic rings. The lowest BCUT2D eigenvalue weighted by molar-refractivity contribution is -0.115. The number of hydrogen-bond donors (Lipinski definition) is 2. The van der Waals surface area contributed by atoms with Crippen molar-refractivity contribution >= 4 is 17.3 Å². The Morgan fingerprint density at radius 3 is 2.26 bits per heavy atom. The van der Waals surface area contributed by atoms with Gasteiger partial charge in [0.1, 0.15) is 18.1 Å². The van der Waals surface area contributed by atoms with E-state index in [4.69, 9.17) is 4.42 Å². The first-order valence-corrected chi connectivity index (χ1v) is 7.88. The fourth-order valence-corrected chi connectivity index (χ4v) is 2.35. The molecule has 4 nitrogen and oxygen atoms in total. The molecule has 0 spiro atoms. The van der Waals surface area contributed by atoms with Crippen molar-refractivity contribution in [2.45, 2.75) is 6.18 Å². The number of halogens is 4. The number of anilines is 2. The van der Waals surface area contributed by atoms with Gasteiger partial charge in [-0.2, -0.15) is 13.2 Å². The Labute approximate surface area is 151 Å². The molecular formula is C19H14F4N2O2. The average molecular weight is 378 g/mol. The second-order valence-electron chi connectivity index (χ2n) is 5.64. The van der Waals surface area contributed by atoms with Crippen LogP contribution in [0.25, 0.3) is 11.3 Å². The van der Waals surface area contributed by atoms with Crippen LogP contribution >= 0.6 is 0 Å². The first-order chi connectivity index (χ1) is 12.8. The first kappa shape index (κ1) is 18.5. The van der Waals surface area contributed by atoms with Gasteiger partial charge in [-0.05, 0) is 48.5 Å². The van der Waals surface area contributed by atoms with Gasteiger partial charge in [-0.25, -0.2) is 4.39 Å². The van der Waals surface area contributed by atoms with Crippen molar-refractivity contribution in [2.75, 3.05) is 17.2 Å². The van der Waals surface area contributed by atoms with Gasteiger partial charge in [0.15, 0.2) is 5.76 Å². The Balaban J connectivity index is 1.74. The average Bonchev–Trinajstić information content (AvgIpc) is 3.11. The minimum atomic E-state index is -4.39. The van der Waals surface area contributed by atoms with Crippen LogP contribution in [0.2, 0.25) is 0 Å². The normalized spacial score (nSPS) is 11.3. The Morgan fingerprint density at radius 2 is 1.59 bits per heavy atom. The molecule has 0 aliphatic heterocycles. The van der Waals surface area contributed by atoms with E-state index in [2.05, 4.69) is 10.6 Å². The van der Waals surface area contributed by atoms with Gasteiger partial charge in [-0.1, -0.05) is 12.1 Å². The molecule has 1 amide bonds. The van der Waals surface area contributed by atoms with Gasteiger partial charge in [0, 0.05) is 5.56 Å². The fraction of sp³-hybridized carbons (Fsp3) is 0.105. The minimum Gasteiger partial charge on any atom is -0.451 e. The number of rotatable bonds is 5. The Bertz CT molecular complexity index is 933. The van der Waals surface area contributed by atoms with Crippen LogP contribution in [0.3, 0.4) is 0 Å². The third-order valence-corrected chi connectivity index (χ3v) is 3.61. The molecule has 0 saturated heterocycles. The van der Waals surface area contributed by atoms with E-state index in [1.807, 2.05) is 0 Å². The van der Waals surface area contributed by atoms with E-state index in [1.54, 1.807) is 18.2 Å². The van der Waals surface area contributed by atoms with Gasteiger partial charge in [0.25, 0.3) is 5.91 Å². The first-order valence-electron chi connectivity index (χ1n) is 7.88. The molecule has 3 aromatic rings. The molecule has 1 aromatic heterocycles. The lowest BCUT2D eigenvalue weighted by Crippen LogP contribution is -2.22. The van der Waals surface area contributed by atoms with Crippen molar-refractivity contribution in [3.8, 4) is 11.3 Å². The minimum absolute atomic E-state index is 0.0278. The number of benzene rings is 2. The standard InChI is InChI=1S/C19H14F4N2O2/c20-13-7-5-12(6-8-13)16-9-10-17(27-16)18(26)25-15-4-2-1-3-14(15)24-11-19(21,22)23/h1-10,24H,11H2,(H,25,26). The Morgan fingerprint density at radius 1 is 0.926 bits per heavy atom. The zero-order valence-electron chi connectivity index (χ0n) is 13.8. The van der Waals surface area contributed by atoms with Gasteiger partial charge >= 0.3 is 6.18 Å². The second kappa shape index (κ2) is 7.53. The molecule has 0 saturated carbocycles. The van der Waals surface area contributed by atoms with E-state index in [-0.39, 0.29) is 17.1 Å². The highest BCUT2D eigenvalue weighted by molar-refractivity contribution is 6.04. The van der Waals surface area contributed by atoms with E-state index in [9.17, 15) is 22.4 Å². The summed E-state index contributed by atoms with van der Waals surface area (Å²) >= 11 is 0. The third-order valence-electron chi connectivity index (χ3n) is 3.61. The molecule has 2 N–H and O–H groups in total. The van der Waals surface area contributed by atoms with Crippen molar-refractivity contribution < 1.29 is 26.8 Å². The maximum Gasteiger partial charge on any atom is 0.405 e. The van der Waals surface area contributed by atoms with Crippen molar-refractivity contribution in [2.24, 2.45) is 0 Å². The lowest BCUT2D eigenvalue weighted by atomic mass is 10.2. The Hall–Kier alpha value is -3.29. The van der Waals surface area contributed by atoms with Crippen molar-refractivity contribution in [3.63, 3.8) is 0 Å². The van der Waals surface area contributed by atoms with Crippen molar-refractivity contribution in [1.82, 2.24) is 0 Å². The number of alkyl halides is 3. The van der Waals surface area contributed by atoms with Crippen LogP contribution in [0.4, 0.5) is 28.9 Å². The van der Waals surface area contributed by atoms with Gasteiger partial charge in [0.05, 0.1) is 11.4 Å². The van der Waals surface area contributed by atoms with Gasteiger partial charge in [-0.3, -0.25) is 4.79 Å². The number of nitrogens with one attached hydrogen (secondary N) is 2. The maximum absolute atomic E-state index is 13.0. The molecule has 0 atom stereocenters. The molecule has 140 valence electrons. The molecule has 0 bridgehead atoms. The maximum atomic E-state index is 13.0. The zero-order valence-corrected chi connectivity index (χ0v) is 13.8. The van der Waals surface area contributed by atoms with Crippen LogP contribution in [0.1, 0.15) is 10.6 Å². The molecule has 2 aromatic carbocycles. The van der Waals surface area contributed by atoms with Gasteiger partial charge in [-0.15, -0.1) is 0 Å². The predicted octanol–water partition coefficient (Wildman–Crippen LogP) is 5.31. The number of furan rings is 1. The highest BCUT2D eigenvalue weighted by Gasteiger charge is 2.27. The molecule has 0 radical (unpaired) electrons. The topological polar surface area (TPSA) is 54.3 Å². The summed E-state index contributed by atoms with van der Waals surface area (Å²) in [6.45, 7) is -1.23. The van der Waals surface area contributed by atoms with E-state index < -0.39 is 24.4 Å². The predicted molar refractivity (Wildman–Crippen MR) is 93.0 cm³/mol. The van der Waals surface area contributed by atoms with Crippen molar-refractivity contribution in [1.29, 1.82) is 0 Å². The summed E-state index contributed by atoms with van der Waals surface area (Å²) in [5, 5.41) is 4.75. The molecule has 8 heteroatoms. The third kappa shape index (κ3) is 4.87. The SMILES string of the molecule is O=C(Nc1ccccc1NCC(F)(F)F)c1ccc(-c2ccc(F)cc2)o1. The number of carbonyl (C=O) groups is 1. The largest absolute Gasteiger partial charge is 0.451 e. The fourth-order valence-electron chi connectivity index (χ4n) is 2.35.